The molecular formula is C9H7N3O2. The zero-order valence-electron chi connectivity index (χ0n) is 7.14. The van der Waals surface area contributed by atoms with Crippen molar-refractivity contribution in [3.05, 3.63) is 30.0 Å². The van der Waals surface area contributed by atoms with E-state index in [4.69, 9.17) is 5.73 Å². The standard InChI is InChI=1S/C9H7N3O2/c10-8(13)7-9(14)12-6-4-2-1-3-5(6)11-7/h1-4H,(H2,10,13)(H,12,14). The number of hydrogen-bond donors (Lipinski definition) is 2. The smallest absolute Gasteiger partial charge is 0.272 e. The molecule has 3 N–H and O–H groups in total. The molecule has 14 heavy (non-hydrogen) atoms. The highest BCUT2D eigenvalue weighted by molar-refractivity contribution is 5.94. The highest BCUT2D eigenvalue weighted by Crippen LogP contribution is 2.16. The van der Waals surface area contributed by atoms with Crippen molar-refractivity contribution in [2.75, 3.05) is 0 Å². The van der Waals surface area contributed by atoms with E-state index in [0.29, 0.717) is 11.0 Å². The highest BCUT2D eigenvalue weighted by Gasteiger charge is 2.11. The number of amides is 1. The number of hydrogen-bond acceptors (Lipinski definition) is 4. The van der Waals surface area contributed by atoms with E-state index in [-0.39, 0.29) is 5.69 Å². The Balaban J connectivity index is 2.77. The number of rotatable bonds is 1. The third-order valence-electron chi connectivity index (χ3n) is 1.79. The largest absolute Gasteiger partial charge is 0.492 e. The number of carbonyl (C=O) groups excluding carboxylic acids is 1. The zero-order valence-corrected chi connectivity index (χ0v) is 7.14. The van der Waals surface area contributed by atoms with Gasteiger partial charge in [-0.05, 0) is 12.1 Å². The molecule has 1 aromatic heterocycles. The molecule has 0 spiro atoms. The maximum Gasteiger partial charge on any atom is 0.272 e. The predicted octanol–water partition coefficient (Wildman–Crippen LogP) is 0.434. The minimum atomic E-state index is -0.791. The molecule has 0 bridgehead atoms. The summed E-state index contributed by atoms with van der Waals surface area (Å²) >= 11 is 0. The van der Waals surface area contributed by atoms with Crippen LogP contribution in [0.25, 0.3) is 11.0 Å². The second kappa shape index (κ2) is 2.95. The van der Waals surface area contributed by atoms with Crippen LogP contribution in [0.1, 0.15) is 10.5 Å². The van der Waals surface area contributed by atoms with Crippen LogP contribution in [0.2, 0.25) is 0 Å². The second-order valence-electron chi connectivity index (χ2n) is 2.75. The maximum atomic E-state index is 10.8. The lowest BCUT2D eigenvalue weighted by molar-refractivity contribution is 0.0992. The van der Waals surface area contributed by atoms with Gasteiger partial charge in [0.2, 0.25) is 5.88 Å². The Morgan fingerprint density at radius 2 is 1.79 bits per heavy atom. The van der Waals surface area contributed by atoms with Crippen molar-refractivity contribution in [3.8, 4) is 5.88 Å². The van der Waals surface area contributed by atoms with E-state index < -0.39 is 11.8 Å². The van der Waals surface area contributed by atoms with Gasteiger partial charge in [0.15, 0.2) is 5.69 Å². The number of carbonyl (C=O) groups is 1. The van der Waals surface area contributed by atoms with Crippen molar-refractivity contribution in [2.24, 2.45) is 5.73 Å². The van der Waals surface area contributed by atoms with Crippen LogP contribution < -0.4 is 5.73 Å². The molecular weight excluding hydrogens is 182 g/mol. The number of fused-ring (bicyclic) bond motifs is 1. The predicted molar refractivity (Wildman–Crippen MR) is 49.7 cm³/mol. The molecule has 2 aromatic rings. The van der Waals surface area contributed by atoms with Gasteiger partial charge in [0.25, 0.3) is 5.91 Å². The summed E-state index contributed by atoms with van der Waals surface area (Å²) in [5.41, 5.74) is 5.85. The summed E-state index contributed by atoms with van der Waals surface area (Å²) in [4.78, 5) is 18.5. The first-order valence-corrected chi connectivity index (χ1v) is 3.94. The van der Waals surface area contributed by atoms with E-state index in [1.165, 1.54) is 0 Å². The second-order valence-corrected chi connectivity index (χ2v) is 2.75. The lowest BCUT2D eigenvalue weighted by Crippen LogP contribution is -2.13. The Bertz CT molecular complexity index is 510. The monoisotopic (exact) mass is 189 g/mol. The number of nitrogens with zero attached hydrogens (tertiary/aromatic N) is 2. The molecule has 0 radical (unpaired) electrons. The number of para-hydroxylation sites is 2. The van der Waals surface area contributed by atoms with Gasteiger partial charge in [-0.3, -0.25) is 4.79 Å². The fourth-order valence-electron chi connectivity index (χ4n) is 1.16. The summed E-state index contributed by atoms with van der Waals surface area (Å²) < 4.78 is 0. The van der Waals surface area contributed by atoms with Gasteiger partial charge in [0.05, 0.1) is 11.0 Å². The fourth-order valence-corrected chi connectivity index (χ4v) is 1.16. The molecule has 0 atom stereocenters. The minimum Gasteiger partial charge on any atom is -0.492 e. The summed E-state index contributed by atoms with van der Waals surface area (Å²) in [6.45, 7) is 0. The molecule has 1 amide bonds. The molecule has 0 saturated carbocycles. The quantitative estimate of drug-likeness (QED) is 0.680. The lowest BCUT2D eigenvalue weighted by Gasteiger charge is -2.00. The maximum absolute atomic E-state index is 10.8. The van der Waals surface area contributed by atoms with E-state index >= 15 is 0 Å². The topological polar surface area (TPSA) is 89.1 Å². The summed E-state index contributed by atoms with van der Waals surface area (Å²) in [5, 5.41) is 9.30. The van der Waals surface area contributed by atoms with Gasteiger partial charge in [-0.2, -0.15) is 0 Å². The Hall–Kier alpha value is -2.17. The average Bonchev–Trinajstić information content (AvgIpc) is 2.16. The molecule has 0 saturated heterocycles. The minimum absolute atomic E-state index is 0.205. The van der Waals surface area contributed by atoms with Crippen molar-refractivity contribution < 1.29 is 9.90 Å². The number of primary amides is 1. The Morgan fingerprint density at radius 3 is 2.36 bits per heavy atom. The Labute approximate surface area is 79.2 Å². The van der Waals surface area contributed by atoms with Crippen molar-refractivity contribution in [3.63, 3.8) is 0 Å². The van der Waals surface area contributed by atoms with Crippen LogP contribution in [0.5, 0.6) is 5.88 Å². The van der Waals surface area contributed by atoms with Crippen molar-refractivity contribution in [1.82, 2.24) is 9.97 Å². The third kappa shape index (κ3) is 1.24. The fraction of sp³-hybridized carbons (Fsp3) is 0. The van der Waals surface area contributed by atoms with Gasteiger partial charge in [0, 0.05) is 0 Å². The average molecular weight is 189 g/mol. The van der Waals surface area contributed by atoms with E-state index in [0.717, 1.165) is 0 Å². The van der Waals surface area contributed by atoms with E-state index in [1.54, 1.807) is 24.3 Å². The van der Waals surface area contributed by atoms with Gasteiger partial charge < -0.3 is 10.8 Å². The van der Waals surface area contributed by atoms with Crippen LogP contribution in [-0.2, 0) is 0 Å². The summed E-state index contributed by atoms with van der Waals surface area (Å²) in [6.07, 6.45) is 0. The Kier molecular flexibility index (Phi) is 1.78. The van der Waals surface area contributed by atoms with Crippen molar-refractivity contribution in [1.29, 1.82) is 0 Å². The van der Waals surface area contributed by atoms with E-state index in [9.17, 15) is 9.90 Å². The Morgan fingerprint density at radius 1 is 1.21 bits per heavy atom. The number of benzene rings is 1. The molecule has 0 fully saturated rings. The molecule has 5 nitrogen and oxygen atoms in total. The number of aromatic hydroxyl groups is 1. The SMILES string of the molecule is NC(=O)c1nc2ccccc2nc1O. The molecule has 1 aromatic carbocycles. The van der Waals surface area contributed by atoms with Crippen LogP contribution in [0.4, 0.5) is 0 Å². The number of nitrogens with two attached hydrogens (primary N) is 1. The summed E-state index contributed by atoms with van der Waals surface area (Å²) in [6, 6.07) is 6.90. The van der Waals surface area contributed by atoms with Crippen LogP contribution in [0, 0.1) is 0 Å². The first kappa shape index (κ1) is 8.43. The van der Waals surface area contributed by atoms with Gasteiger partial charge >= 0.3 is 0 Å². The first-order chi connectivity index (χ1) is 6.68. The molecule has 70 valence electrons. The normalized spacial score (nSPS) is 10.3. The number of aromatic nitrogens is 2. The summed E-state index contributed by atoms with van der Waals surface area (Å²) in [7, 11) is 0. The molecule has 0 aliphatic rings. The lowest BCUT2D eigenvalue weighted by atomic mass is 10.3. The van der Waals surface area contributed by atoms with Crippen LogP contribution >= 0.6 is 0 Å². The molecule has 0 aliphatic carbocycles. The third-order valence-corrected chi connectivity index (χ3v) is 1.79. The molecule has 5 heteroatoms. The van der Waals surface area contributed by atoms with Crippen LogP contribution in [-0.4, -0.2) is 21.0 Å². The van der Waals surface area contributed by atoms with Crippen molar-refractivity contribution >= 4 is 16.9 Å². The van der Waals surface area contributed by atoms with Gasteiger partial charge in [0.1, 0.15) is 0 Å². The molecule has 2 rings (SSSR count). The van der Waals surface area contributed by atoms with Gasteiger partial charge in [-0.25, -0.2) is 9.97 Å². The van der Waals surface area contributed by atoms with E-state index in [2.05, 4.69) is 9.97 Å². The van der Waals surface area contributed by atoms with Gasteiger partial charge in [-0.15, -0.1) is 0 Å². The van der Waals surface area contributed by atoms with Crippen LogP contribution in [0.3, 0.4) is 0 Å². The molecule has 0 unspecified atom stereocenters. The molecule has 1 heterocycles. The van der Waals surface area contributed by atoms with Crippen molar-refractivity contribution in [2.45, 2.75) is 0 Å². The zero-order chi connectivity index (χ0) is 10.1. The highest BCUT2D eigenvalue weighted by atomic mass is 16.3. The first-order valence-electron chi connectivity index (χ1n) is 3.94. The summed E-state index contributed by atoms with van der Waals surface area (Å²) in [5.74, 6) is -1.23. The van der Waals surface area contributed by atoms with Gasteiger partial charge in [-0.1, -0.05) is 12.1 Å². The molecule has 0 aliphatic heterocycles. The van der Waals surface area contributed by atoms with Crippen LogP contribution in [0.15, 0.2) is 24.3 Å². The van der Waals surface area contributed by atoms with E-state index in [1.807, 2.05) is 0 Å².